The summed E-state index contributed by atoms with van der Waals surface area (Å²) in [6.45, 7) is 5.55. The summed E-state index contributed by atoms with van der Waals surface area (Å²) in [4.78, 5) is 16.4. The Kier molecular flexibility index (Phi) is 6.71. The molecule has 3 rings (SSSR count). The van der Waals surface area contributed by atoms with Crippen molar-refractivity contribution in [2.45, 2.75) is 44.9 Å². The van der Waals surface area contributed by atoms with Crippen molar-refractivity contribution in [1.82, 2.24) is 30.0 Å². The molecule has 0 radical (unpaired) electrons. The van der Waals surface area contributed by atoms with Gasteiger partial charge in [0.05, 0.1) is 25.9 Å². The smallest absolute Gasteiger partial charge is 0.244 e. The molecule has 1 amide bonds. The summed E-state index contributed by atoms with van der Waals surface area (Å²) in [6, 6.07) is 0. The first kappa shape index (κ1) is 18.2. The van der Waals surface area contributed by atoms with Crippen LogP contribution in [0.5, 0.6) is 0 Å². The van der Waals surface area contributed by atoms with Gasteiger partial charge in [0.15, 0.2) is 5.82 Å². The van der Waals surface area contributed by atoms with E-state index < -0.39 is 0 Å². The third-order valence-corrected chi connectivity index (χ3v) is 4.85. The molecule has 2 saturated heterocycles. The second-order valence-electron chi connectivity index (χ2n) is 6.73. The second kappa shape index (κ2) is 9.21. The average Bonchev–Trinajstić information content (AvgIpc) is 3.08. The van der Waals surface area contributed by atoms with Gasteiger partial charge in [-0.25, -0.2) is 4.68 Å². The lowest BCUT2D eigenvalue weighted by Gasteiger charge is -2.26. The van der Waals surface area contributed by atoms with E-state index in [-0.39, 0.29) is 18.6 Å². The van der Waals surface area contributed by atoms with Crippen molar-refractivity contribution in [3.63, 3.8) is 0 Å². The lowest BCUT2D eigenvalue weighted by atomic mass is 10.1. The quantitative estimate of drug-likeness (QED) is 0.678. The number of morpholine rings is 1. The molecule has 1 aromatic heterocycles. The highest BCUT2D eigenvalue weighted by atomic mass is 16.5. The van der Waals surface area contributed by atoms with E-state index >= 15 is 0 Å². The van der Waals surface area contributed by atoms with Gasteiger partial charge >= 0.3 is 0 Å². The Hall–Kier alpha value is -1.58. The summed E-state index contributed by atoms with van der Waals surface area (Å²) in [5.41, 5.74) is 0. The Bertz CT molecular complexity index is 540. The molecule has 1 atom stereocenters. The highest BCUT2D eigenvalue weighted by molar-refractivity contribution is 5.75. The molecule has 9 heteroatoms. The van der Waals surface area contributed by atoms with Crippen molar-refractivity contribution in [3.8, 4) is 0 Å². The van der Waals surface area contributed by atoms with Crippen LogP contribution >= 0.6 is 0 Å². The first-order valence-corrected chi connectivity index (χ1v) is 9.13. The molecule has 9 nitrogen and oxygen atoms in total. The van der Waals surface area contributed by atoms with E-state index in [2.05, 4.69) is 20.4 Å². The van der Waals surface area contributed by atoms with Gasteiger partial charge in [-0.15, -0.1) is 5.10 Å². The van der Waals surface area contributed by atoms with Crippen LogP contribution in [-0.4, -0.2) is 88.5 Å². The molecule has 25 heavy (non-hydrogen) atoms. The zero-order valence-electron chi connectivity index (χ0n) is 15.0. The minimum Gasteiger partial charge on any atom is -0.379 e. The molecule has 0 bridgehead atoms. The third kappa shape index (κ3) is 5.45. The summed E-state index contributed by atoms with van der Waals surface area (Å²) < 4.78 is 12.7. The van der Waals surface area contributed by atoms with Gasteiger partial charge in [-0.2, -0.15) is 0 Å². The molecule has 0 unspecified atom stereocenters. The largest absolute Gasteiger partial charge is 0.379 e. The zero-order valence-corrected chi connectivity index (χ0v) is 15.0. The Balaban J connectivity index is 1.46. The number of likely N-dealkylation sites (N-methyl/N-ethyl adjacent to an activating group) is 1. The molecule has 2 aliphatic rings. The normalized spacial score (nSPS) is 22.0. The van der Waals surface area contributed by atoms with Crippen LogP contribution in [0.25, 0.3) is 0 Å². The van der Waals surface area contributed by atoms with E-state index in [0.29, 0.717) is 13.1 Å². The third-order valence-electron chi connectivity index (χ3n) is 4.85. The maximum atomic E-state index is 12.5. The Morgan fingerprint density at radius 3 is 2.88 bits per heavy atom. The number of carbonyl (C=O) groups is 1. The van der Waals surface area contributed by atoms with E-state index in [1.165, 1.54) is 6.42 Å². The molecular formula is C16H28N6O3. The number of rotatable bonds is 7. The SMILES string of the molecule is CN(CC[C@H]1CCCCO1)C(=O)Cn1nnnc1CN1CCOCC1. The fraction of sp³-hybridized carbons (Fsp3) is 0.875. The molecule has 0 aliphatic carbocycles. The highest BCUT2D eigenvalue weighted by Gasteiger charge is 2.19. The van der Waals surface area contributed by atoms with Crippen LogP contribution in [0, 0.1) is 0 Å². The molecule has 2 aliphatic heterocycles. The van der Waals surface area contributed by atoms with Crippen molar-refractivity contribution in [2.75, 3.05) is 46.5 Å². The van der Waals surface area contributed by atoms with Crippen LogP contribution in [-0.2, 0) is 27.4 Å². The molecule has 3 heterocycles. The lowest BCUT2D eigenvalue weighted by molar-refractivity contribution is -0.131. The van der Waals surface area contributed by atoms with E-state index in [0.717, 1.165) is 58.0 Å². The van der Waals surface area contributed by atoms with Crippen molar-refractivity contribution in [2.24, 2.45) is 0 Å². The lowest BCUT2D eigenvalue weighted by Crippen LogP contribution is -2.37. The predicted octanol–water partition coefficient (Wildman–Crippen LogP) is -0.0771. The minimum atomic E-state index is 0.0198. The van der Waals surface area contributed by atoms with Crippen LogP contribution in [0.3, 0.4) is 0 Å². The van der Waals surface area contributed by atoms with Crippen molar-refractivity contribution >= 4 is 5.91 Å². The highest BCUT2D eigenvalue weighted by Crippen LogP contribution is 2.15. The topological polar surface area (TPSA) is 85.6 Å². The molecule has 2 fully saturated rings. The summed E-state index contributed by atoms with van der Waals surface area (Å²) in [5.74, 6) is 0.741. The van der Waals surface area contributed by atoms with E-state index in [1.807, 2.05) is 7.05 Å². The van der Waals surface area contributed by atoms with Gasteiger partial charge in [-0.05, 0) is 36.1 Å². The standard InChI is InChI=1S/C16H28N6O3/c1-20(6-5-14-4-2-3-9-25-14)16(23)13-22-15(17-18-19-22)12-21-7-10-24-11-8-21/h14H,2-13H2,1H3/t14-/m1/s1. The summed E-state index contributed by atoms with van der Waals surface area (Å²) >= 11 is 0. The van der Waals surface area contributed by atoms with Gasteiger partial charge in [0.2, 0.25) is 5.91 Å². The predicted molar refractivity (Wildman–Crippen MR) is 89.8 cm³/mol. The number of amides is 1. The van der Waals surface area contributed by atoms with Crippen LogP contribution in [0.1, 0.15) is 31.5 Å². The summed E-state index contributed by atoms with van der Waals surface area (Å²) in [7, 11) is 1.83. The van der Waals surface area contributed by atoms with Gasteiger partial charge in [0.1, 0.15) is 6.54 Å². The fourth-order valence-corrected chi connectivity index (χ4v) is 3.16. The maximum Gasteiger partial charge on any atom is 0.244 e. The number of nitrogens with zero attached hydrogens (tertiary/aromatic N) is 6. The molecule has 0 aromatic carbocycles. The number of aromatic nitrogens is 4. The van der Waals surface area contributed by atoms with Gasteiger partial charge in [-0.1, -0.05) is 0 Å². The maximum absolute atomic E-state index is 12.5. The summed E-state index contributed by atoms with van der Waals surface area (Å²) in [5, 5.41) is 11.8. The number of ether oxygens (including phenoxy) is 2. The summed E-state index contributed by atoms with van der Waals surface area (Å²) in [6.07, 6.45) is 4.64. The Morgan fingerprint density at radius 2 is 2.12 bits per heavy atom. The fourth-order valence-electron chi connectivity index (χ4n) is 3.16. The molecule has 140 valence electrons. The number of carbonyl (C=O) groups excluding carboxylic acids is 1. The van der Waals surface area contributed by atoms with Crippen molar-refractivity contribution in [3.05, 3.63) is 5.82 Å². The van der Waals surface area contributed by atoms with E-state index in [9.17, 15) is 4.79 Å². The average molecular weight is 352 g/mol. The van der Waals surface area contributed by atoms with Crippen molar-refractivity contribution in [1.29, 1.82) is 0 Å². The van der Waals surface area contributed by atoms with Gasteiger partial charge < -0.3 is 14.4 Å². The molecule has 1 aromatic rings. The monoisotopic (exact) mass is 352 g/mol. The first-order chi connectivity index (χ1) is 12.2. The van der Waals surface area contributed by atoms with Gasteiger partial charge in [-0.3, -0.25) is 9.69 Å². The zero-order chi connectivity index (χ0) is 17.5. The molecule has 0 spiro atoms. The van der Waals surface area contributed by atoms with Crippen LogP contribution in [0.4, 0.5) is 0 Å². The Morgan fingerprint density at radius 1 is 1.28 bits per heavy atom. The van der Waals surface area contributed by atoms with E-state index in [1.54, 1.807) is 9.58 Å². The Labute approximate surface area is 148 Å². The first-order valence-electron chi connectivity index (χ1n) is 9.13. The molecule has 0 saturated carbocycles. The van der Waals surface area contributed by atoms with E-state index in [4.69, 9.17) is 9.47 Å². The van der Waals surface area contributed by atoms with Crippen molar-refractivity contribution < 1.29 is 14.3 Å². The number of hydrogen-bond acceptors (Lipinski definition) is 7. The number of hydrogen-bond donors (Lipinski definition) is 0. The second-order valence-corrected chi connectivity index (χ2v) is 6.73. The van der Waals surface area contributed by atoms with Crippen LogP contribution in [0.2, 0.25) is 0 Å². The minimum absolute atomic E-state index is 0.0198. The van der Waals surface area contributed by atoms with Gasteiger partial charge in [0.25, 0.3) is 0 Å². The number of tetrazole rings is 1. The van der Waals surface area contributed by atoms with Gasteiger partial charge in [0, 0.05) is 33.3 Å². The van der Waals surface area contributed by atoms with Crippen LogP contribution in [0.15, 0.2) is 0 Å². The molecule has 0 N–H and O–H groups in total. The molecular weight excluding hydrogens is 324 g/mol. The van der Waals surface area contributed by atoms with Crippen LogP contribution < -0.4 is 0 Å².